The molecule has 140 valence electrons. The predicted molar refractivity (Wildman–Crippen MR) is 90.4 cm³/mol. The summed E-state index contributed by atoms with van der Waals surface area (Å²) in [5.74, 6) is -0.130. The van der Waals surface area contributed by atoms with Gasteiger partial charge in [-0.05, 0) is 48.9 Å². The second-order valence-corrected chi connectivity index (χ2v) is 7.37. The minimum Gasteiger partial charge on any atom is -0.442 e. The molecule has 2 amide bonds. The fraction of sp³-hybridized carbons (Fsp3) is 0.556. The first-order chi connectivity index (χ1) is 12.4. The Hall–Kier alpha value is -2.19. The van der Waals surface area contributed by atoms with Gasteiger partial charge in [-0.2, -0.15) is 0 Å². The van der Waals surface area contributed by atoms with Gasteiger partial charge in [0.2, 0.25) is 5.91 Å². The number of nitrogens with zero attached hydrogens (tertiary/aromatic N) is 2. The highest BCUT2D eigenvalue weighted by atomic mass is 19.1. The van der Waals surface area contributed by atoms with Crippen LogP contribution in [-0.4, -0.2) is 54.1 Å². The largest absolute Gasteiger partial charge is 0.442 e. The third kappa shape index (κ3) is 3.03. The number of anilines is 1. The average molecular weight is 363 g/mol. The lowest BCUT2D eigenvalue weighted by molar-refractivity contribution is -0.166. The van der Waals surface area contributed by atoms with E-state index in [0.717, 1.165) is 19.4 Å². The van der Waals surface area contributed by atoms with E-state index in [1.54, 1.807) is 12.1 Å². The Morgan fingerprint density at radius 1 is 1.46 bits per heavy atom. The third-order valence-electron chi connectivity index (χ3n) is 5.67. The van der Waals surface area contributed by atoms with Crippen molar-refractivity contribution in [3.8, 4) is 0 Å². The number of rotatable bonds is 4. The molecule has 2 N–H and O–H groups in total. The minimum absolute atomic E-state index is 0.115. The summed E-state index contributed by atoms with van der Waals surface area (Å²) in [5.41, 5.74) is 1.14. The summed E-state index contributed by atoms with van der Waals surface area (Å²) in [6, 6.07) is 5.37. The Bertz CT molecular complexity index is 743. The van der Waals surface area contributed by atoms with E-state index in [9.17, 15) is 19.2 Å². The van der Waals surface area contributed by atoms with E-state index in [-0.39, 0.29) is 24.8 Å². The van der Waals surface area contributed by atoms with E-state index >= 15 is 0 Å². The fourth-order valence-electron chi connectivity index (χ4n) is 4.35. The molecule has 1 aliphatic carbocycles. The fourth-order valence-corrected chi connectivity index (χ4v) is 4.35. The molecule has 2 saturated heterocycles. The lowest BCUT2D eigenvalue weighted by Crippen LogP contribution is -2.35. The molecular formula is C18H22FN3O4. The van der Waals surface area contributed by atoms with Gasteiger partial charge in [0.05, 0.1) is 18.8 Å². The second-order valence-electron chi connectivity index (χ2n) is 7.37. The molecule has 8 heteroatoms. The lowest BCUT2D eigenvalue weighted by atomic mass is 9.87. The normalized spacial score (nSPS) is 30.0. The zero-order valence-corrected chi connectivity index (χ0v) is 14.5. The molecule has 3 aliphatic rings. The van der Waals surface area contributed by atoms with Crippen LogP contribution in [-0.2, 0) is 9.53 Å². The number of piperidine rings is 1. The molecule has 2 aliphatic heterocycles. The van der Waals surface area contributed by atoms with Gasteiger partial charge >= 0.3 is 6.09 Å². The summed E-state index contributed by atoms with van der Waals surface area (Å²) in [6.07, 6.45) is 0.783. The van der Waals surface area contributed by atoms with E-state index in [0.29, 0.717) is 28.3 Å². The van der Waals surface area contributed by atoms with Gasteiger partial charge in [0.1, 0.15) is 11.9 Å². The molecule has 1 aromatic rings. The molecule has 0 radical (unpaired) electrons. The number of ether oxygens (including phenoxy) is 1. The zero-order valence-electron chi connectivity index (χ0n) is 14.5. The maximum atomic E-state index is 14.7. The van der Waals surface area contributed by atoms with Crippen molar-refractivity contribution in [1.29, 1.82) is 0 Å². The van der Waals surface area contributed by atoms with Crippen LogP contribution in [0.4, 0.5) is 14.9 Å². The first-order valence-corrected chi connectivity index (χ1v) is 8.90. The maximum Gasteiger partial charge on any atom is 0.414 e. The van der Waals surface area contributed by atoms with Crippen molar-refractivity contribution in [3.63, 3.8) is 0 Å². The van der Waals surface area contributed by atoms with Crippen LogP contribution in [0.3, 0.4) is 0 Å². The summed E-state index contributed by atoms with van der Waals surface area (Å²) in [5, 5.41) is 13.4. The number of halogens is 1. The summed E-state index contributed by atoms with van der Waals surface area (Å²) >= 11 is 0. The van der Waals surface area contributed by atoms with Crippen molar-refractivity contribution in [2.24, 2.45) is 5.92 Å². The minimum atomic E-state index is -0.657. The van der Waals surface area contributed by atoms with Crippen molar-refractivity contribution < 1.29 is 23.9 Å². The van der Waals surface area contributed by atoms with Crippen LogP contribution in [0, 0.1) is 11.7 Å². The highest BCUT2D eigenvalue weighted by molar-refractivity contribution is 5.89. The molecule has 7 nitrogen and oxygen atoms in total. The number of hydroxylamine groups is 2. The Labute approximate surface area is 150 Å². The number of hydrogen-bond donors (Lipinski definition) is 2. The summed E-state index contributed by atoms with van der Waals surface area (Å²) in [4.78, 5) is 24.5. The number of amides is 2. The van der Waals surface area contributed by atoms with Crippen LogP contribution in [0.15, 0.2) is 18.2 Å². The van der Waals surface area contributed by atoms with Crippen LogP contribution < -0.4 is 10.2 Å². The van der Waals surface area contributed by atoms with Gasteiger partial charge in [-0.3, -0.25) is 14.9 Å². The molecule has 0 spiro atoms. The Morgan fingerprint density at radius 3 is 2.88 bits per heavy atom. The Balaban J connectivity index is 1.47. The van der Waals surface area contributed by atoms with E-state index in [4.69, 9.17) is 4.74 Å². The van der Waals surface area contributed by atoms with E-state index in [1.165, 1.54) is 17.9 Å². The van der Waals surface area contributed by atoms with Crippen molar-refractivity contribution in [2.75, 3.05) is 24.5 Å². The number of carbonyl (C=O) groups is 2. The molecule has 26 heavy (non-hydrogen) atoms. The molecule has 0 aromatic heterocycles. The zero-order chi connectivity index (χ0) is 18.4. The van der Waals surface area contributed by atoms with Gasteiger partial charge in [-0.1, -0.05) is 6.07 Å². The van der Waals surface area contributed by atoms with Crippen molar-refractivity contribution in [3.05, 3.63) is 29.6 Å². The standard InChI is InChI=1S/C18H22FN3O4/c1-10(23)22(25)9-14-8-21(18(24)26-14)13-2-3-15(17(19)6-13)16-5-12-4-11(16)7-20-12/h2-3,6,11-12,14,16,20,25H,4-5,7-9H2,1H3/t11-,12-,14?,16?/m1/s1. The predicted octanol–water partition coefficient (Wildman–Crippen LogP) is 1.85. The average Bonchev–Trinajstić information content (AvgIpc) is 3.30. The lowest BCUT2D eigenvalue weighted by Gasteiger charge is -2.24. The van der Waals surface area contributed by atoms with Gasteiger partial charge in [0.25, 0.3) is 0 Å². The molecule has 4 atom stereocenters. The van der Waals surface area contributed by atoms with Crippen LogP contribution in [0.1, 0.15) is 31.2 Å². The molecule has 1 saturated carbocycles. The number of cyclic esters (lactones) is 1. The third-order valence-corrected chi connectivity index (χ3v) is 5.67. The smallest absolute Gasteiger partial charge is 0.414 e. The first-order valence-electron chi connectivity index (χ1n) is 8.90. The van der Waals surface area contributed by atoms with Crippen LogP contribution in [0.5, 0.6) is 0 Å². The quantitative estimate of drug-likeness (QED) is 0.630. The second kappa shape index (κ2) is 6.51. The number of carbonyl (C=O) groups excluding carboxylic acids is 2. The molecule has 2 bridgehead atoms. The number of hydrogen-bond acceptors (Lipinski definition) is 5. The molecule has 2 unspecified atom stereocenters. The summed E-state index contributed by atoms with van der Waals surface area (Å²) in [7, 11) is 0. The van der Waals surface area contributed by atoms with Gasteiger partial charge < -0.3 is 10.1 Å². The van der Waals surface area contributed by atoms with Crippen molar-refractivity contribution in [2.45, 2.75) is 37.8 Å². The Kier molecular flexibility index (Phi) is 4.32. The van der Waals surface area contributed by atoms with E-state index in [2.05, 4.69) is 5.32 Å². The first kappa shape index (κ1) is 17.2. The van der Waals surface area contributed by atoms with Crippen molar-refractivity contribution in [1.82, 2.24) is 10.4 Å². The Morgan fingerprint density at radius 2 is 2.27 bits per heavy atom. The SMILES string of the molecule is CC(=O)N(O)CC1CN(c2ccc(C3C[C@H]4C[C@@H]3CN4)c(F)c2)C(=O)O1. The highest BCUT2D eigenvalue weighted by Crippen LogP contribution is 2.44. The molecule has 4 rings (SSSR count). The maximum absolute atomic E-state index is 14.7. The van der Waals surface area contributed by atoms with Crippen LogP contribution >= 0.6 is 0 Å². The topological polar surface area (TPSA) is 82.1 Å². The summed E-state index contributed by atoms with van der Waals surface area (Å²) < 4.78 is 19.9. The molecular weight excluding hydrogens is 341 g/mol. The van der Waals surface area contributed by atoms with Crippen LogP contribution in [0.25, 0.3) is 0 Å². The van der Waals surface area contributed by atoms with Gasteiger partial charge in [0, 0.05) is 13.0 Å². The number of fused-ring (bicyclic) bond motifs is 2. The van der Waals surface area contributed by atoms with Gasteiger partial charge in [-0.25, -0.2) is 14.2 Å². The van der Waals surface area contributed by atoms with Gasteiger partial charge in [0.15, 0.2) is 0 Å². The highest BCUT2D eigenvalue weighted by Gasteiger charge is 2.41. The summed E-state index contributed by atoms with van der Waals surface area (Å²) in [6.45, 7) is 2.19. The van der Waals surface area contributed by atoms with E-state index < -0.39 is 18.1 Å². The van der Waals surface area contributed by atoms with E-state index in [1.807, 2.05) is 0 Å². The van der Waals surface area contributed by atoms with Gasteiger partial charge in [-0.15, -0.1) is 0 Å². The molecule has 3 fully saturated rings. The number of nitrogens with one attached hydrogen (secondary N) is 1. The van der Waals surface area contributed by atoms with Crippen molar-refractivity contribution >= 4 is 17.7 Å². The monoisotopic (exact) mass is 363 g/mol. The number of benzene rings is 1. The molecule has 1 aromatic carbocycles. The van der Waals surface area contributed by atoms with Crippen LogP contribution in [0.2, 0.25) is 0 Å². The molecule has 2 heterocycles.